The van der Waals surface area contributed by atoms with Crippen molar-refractivity contribution in [2.24, 2.45) is 0 Å². The van der Waals surface area contributed by atoms with Crippen LogP contribution in [0.4, 0.5) is 10.1 Å². The highest BCUT2D eigenvalue weighted by atomic mass is 19.1. The van der Waals surface area contributed by atoms with Crippen molar-refractivity contribution < 1.29 is 29.1 Å². The Morgan fingerprint density at radius 1 is 0.878 bits per heavy atom. The fourth-order valence-corrected chi connectivity index (χ4v) is 3.38. The van der Waals surface area contributed by atoms with Gasteiger partial charge in [-0.05, 0) is 85.0 Å². The zero-order valence-corrected chi connectivity index (χ0v) is 21.5. The SMILES string of the molecule is C.C[C@@H](O)[C@H](NC(=O)c1ccc(C#CC#Cc2ccc(NC(=O)CNCc3ccc(F)cc3)cc2)cc1)C(=O)NO. The summed E-state index contributed by atoms with van der Waals surface area (Å²) >= 11 is 0. The molecule has 0 bridgehead atoms. The Bertz CT molecular complexity index is 1450. The molecule has 2 atom stereocenters. The first-order chi connectivity index (χ1) is 19.2. The topological polar surface area (TPSA) is 140 Å². The molecule has 0 aliphatic heterocycles. The van der Waals surface area contributed by atoms with Crippen molar-refractivity contribution in [2.45, 2.75) is 33.0 Å². The van der Waals surface area contributed by atoms with Gasteiger partial charge in [0.2, 0.25) is 5.91 Å². The monoisotopic (exact) mass is 558 g/mol. The Hall–Kier alpha value is -5.00. The second-order valence-corrected chi connectivity index (χ2v) is 8.60. The van der Waals surface area contributed by atoms with Crippen LogP contribution in [0.5, 0.6) is 0 Å². The Balaban J connectivity index is 0.00000588. The van der Waals surface area contributed by atoms with E-state index in [0.29, 0.717) is 23.4 Å². The van der Waals surface area contributed by atoms with Crippen molar-refractivity contribution in [1.82, 2.24) is 16.1 Å². The maximum absolute atomic E-state index is 12.9. The number of hydrogen-bond acceptors (Lipinski definition) is 6. The van der Waals surface area contributed by atoms with E-state index >= 15 is 0 Å². The van der Waals surface area contributed by atoms with E-state index < -0.39 is 24.0 Å². The van der Waals surface area contributed by atoms with Crippen molar-refractivity contribution in [1.29, 1.82) is 0 Å². The molecule has 3 aromatic carbocycles. The molecule has 10 heteroatoms. The van der Waals surface area contributed by atoms with Gasteiger partial charge in [-0.15, -0.1) is 0 Å². The zero-order valence-electron chi connectivity index (χ0n) is 21.5. The summed E-state index contributed by atoms with van der Waals surface area (Å²) < 4.78 is 12.9. The summed E-state index contributed by atoms with van der Waals surface area (Å²) in [4.78, 5) is 36.0. The maximum Gasteiger partial charge on any atom is 0.268 e. The van der Waals surface area contributed by atoms with Crippen LogP contribution in [0.1, 0.15) is 41.4 Å². The van der Waals surface area contributed by atoms with Crippen LogP contribution < -0.4 is 21.4 Å². The largest absolute Gasteiger partial charge is 0.391 e. The third-order valence-electron chi connectivity index (χ3n) is 5.48. The number of benzene rings is 3. The predicted molar refractivity (Wildman–Crippen MR) is 153 cm³/mol. The fourth-order valence-electron chi connectivity index (χ4n) is 3.38. The van der Waals surface area contributed by atoms with Gasteiger partial charge in [-0.1, -0.05) is 31.4 Å². The van der Waals surface area contributed by atoms with Gasteiger partial charge in [0, 0.05) is 28.9 Å². The number of anilines is 1. The fraction of sp³-hybridized carbons (Fsp3) is 0.194. The Morgan fingerprint density at radius 3 is 1.98 bits per heavy atom. The second-order valence-electron chi connectivity index (χ2n) is 8.60. The van der Waals surface area contributed by atoms with E-state index in [1.54, 1.807) is 48.5 Å². The molecule has 9 nitrogen and oxygen atoms in total. The van der Waals surface area contributed by atoms with Crippen LogP contribution in [0.3, 0.4) is 0 Å². The lowest BCUT2D eigenvalue weighted by molar-refractivity contribution is -0.133. The van der Waals surface area contributed by atoms with E-state index in [9.17, 15) is 23.9 Å². The minimum absolute atomic E-state index is 0. The van der Waals surface area contributed by atoms with Crippen molar-refractivity contribution in [3.8, 4) is 23.7 Å². The Kier molecular flexibility index (Phi) is 12.7. The summed E-state index contributed by atoms with van der Waals surface area (Å²) in [5, 5.41) is 26.5. The Labute approximate surface area is 238 Å². The maximum atomic E-state index is 12.9. The molecule has 3 aromatic rings. The molecule has 0 radical (unpaired) electrons. The summed E-state index contributed by atoms with van der Waals surface area (Å²) in [6.45, 7) is 1.85. The van der Waals surface area contributed by atoms with Gasteiger partial charge in [0.25, 0.3) is 11.8 Å². The van der Waals surface area contributed by atoms with Crippen LogP contribution >= 0.6 is 0 Å². The van der Waals surface area contributed by atoms with E-state index in [0.717, 1.165) is 5.56 Å². The lowest BCUT2D eigenvalue weighted by Crippen LogP contribution is -2.51. The summed E-state index contributed by atoms with van der Waals surface area (Å²) in [6, 6.07) is 17.9. The van der Waals surface area contributed by atoms with Crippen LogP contribution in [-0.4, -0.2) is 46.7 Å². The Morgan fingerprint density at radius 2 is 1.44 bits per heavy atom. The lowest BCUT2D eigenvalue weighted by Gasteiger charge is -2.19. The normalized spacial score (nSPS) is 11.2. The molecule has 3 amide bonds. The molecular formula is C31H31FN4O5. The summed E-state index contributed by atoms with van der Waals surface area (Å²) in [6.07, 6.45) is -1.21. The van der Waals surface area contributed by atoms with E-state index in [1.807, 2.05) is 0 Å². The molecule has 41 heavy (non-hydrogen) atoms. The van der Waals surface area contributed by atoms with E-state index in [4.69, 9.17) is 5.21 Å². The first-order valence-corrected chi connectivity index (χ1v) is 12.1. The standard InChI is InChI=1S/C30H27FN4O5.CH4/c1-20(36)28(30(39)35-40)34-29(38)24-12-6-21(7-13-24)4-2-3-5-22-10-16-26(17-11-22)33-27(37)19-32-18-23-8-14-25(31)15-9-23;/h6-17,20,28,32,36,40H,18-19H2,1H3,(H,33,37)(H,34,38)(H,35,39);1H4/t20-,28+;/m1./s1. The quantitative estimate of drug-likeness (QED) is 0.136. The molecule has 3 rings (SSSR count). The third kappa shape index (κ3) is 10.6. The number of halogens is 1. The first-order valence-electron chi connectivity index (χ1n) is 12.1. The van der Waals surface area contributed by atoms with Gasteiger partial charge in [0.15, 0.2) is 0 Å². The molecule has 0 fully saturated rings. The van der Waals surface area contributed by atoms with E-state index in [-0.39, 0.29) is 31.3 Å². The van der Waals surface area contributed by atoms with Gasteiger partial charge >= 0.3 is 0 Å². The van der Waals surface area contributed by atoms with Gasteiger partial charge in [-0.25, -0.2) is 9.87 Å². The highest BCUT2D eigenvalue weighted by molar-refractivity contribution is 5.97. The number of hydroxylamine groups is 1. The van der Waals surface area contributed by atoms with Crippen LogP contribution in [0.15, 0.2) is 72.8 Å². The molecule has 0 aliphatic carbocycles. The molecule has 0 aliphatic rings. The van der Waals surface area contributed by atoms with Crippen LogP contribution in [0.2, 0.25) is 0 Å². The second kappa shape index (κ2) is 16.2. The smallest absolute Gasteiger partial charge is 0.268 e. The first kappa shape index (κ1) is 32.2. The van der Waals surface area contributed by atoms with Crippen molar-refractivity contribution >= 4 is 23.4 Å². The summed E-state index contributed by atoms with van der Waals surface area (Å²) in [7, 11) is 0. The summed E-state index contributed by atoms with van der Waals surface area (Å²) in [5.41, 5.74) is 4.44. The van der Waals surface area contributed by atoms with Crippen LogP contribution in [0.25, 0.3) is 0 Å². The zero-order chi connectivity index (χ0) is 28.9. The average molecular weight is 559 g/mol. The number of carbonyl (C=O) groups is 3. The van der Waals surface area contributed by atoms with Gasteiger partial charge in [0.1, 0.15) is 11.9 Å². The van der Waals surface area contributed by atoms with Crippen molar-refractivity contribution in [2.75, 3.05) is 11.9 Å². The lowest BCUT2D eigenvalue weighted by atomic mass is 10.1. The molecule has 0 saturated heterocycles. The molecule has 0 spiro atoms. The predicted octanol–water partition coefficient (Wildman–Crippen LogP) is 2.58. The number of aliphatic hydroxyl groups excluding tert-OH is 1. The van der Waals surface area contributed by atoms with Gasteiger partial charge in [-0.2, -0.15) is 0 Å². The van der Waals surface area contributed by atoms with Gasteiger partial charge < -0.3 is 21.1 Å². The van der Waals surface area contributed by atoms with Crippen molar-refractivity contribution in [3.63, 3.8) is 0 Å². The molecule has 0 saturated carbocycles. The average Bonchev–Trinajstić information content (AvgIpc) is 2.95. The van der Waals surface area contributed by atoms with Gasteiger partial charge in [-0.3, -0.25) is 19.6 Å². The molecule has 0 aromatic heterocycles. The van der Waals surface area contributed by atoms with Crippen molar-refractivity contribution in [3.05, 3.63) is 101 Å². The minimum atomic E-state index is -1.31. The number of rotatable bonds is 9. The highest BCUT2D eigenvalue weighted by Crippen LogP contribution is 2.09. The molecule has 212 valence electrons. The number of aliphatic hydroxyl groups is 1. The molecule has 0 heterocycles. The van der Waals surface area contributed by atoms with Crippen LogP contribution in [0, 0.1) is 29.5 Å². The van der Waals surface area contributed by atoms with E-state index in [1.165, 1.54) is 36.7 Å². The molecule has 0 unspecified atom stereocenters. The summed E-state index contributed by atoms with van der Waals surface area (Å²) in [5.74, 6) is 9.19. The third-order valence-corrected chi connectivity index (χ3v) is 5.48. The number of nitrogens with one attached hydrogen (secondary N) is 4. The highest BCUT2D eigenvalue weighted by Gasteiger charge is 2.25. The number of hydrogen-bond donors (Lipinski definition) is 6. The van der Waals surface area contributed by atoms with Crippen LogP contribution in [-0.2, 0) is 16.1 Å². The molecular weight excluding hydrogens is 527 g/mol. The van der Waals surface area contributed by atoms with Gasteiger partial charge in [0.05, 0.1) is 12.6 Å². The molecule has 6 N–H and O–H groups in total. The number of amides is 3. The number of carbonyl (C=O) groups excluding carboxylic acids is 3. The van der Waals surface area contributed by atoms with E-state index in [2.05, 4.69) is 39.6 Å². The minimum Gasteiger partial charge on any atom is -0.391 e.